The number of hydrogen-bond donors (Lipinski definition) is 0. The van der Waals surface area contributed by atoms with E-state index in [1.165, 1.54) is 68.8 Å². The van der Waals surface area contributed by atoms with Crippen LogP contribution in [-0.4, -0.2) is 50.3 Å². The van der Waals surface area contributed by atoms with E-state index in [0.29, 0.717) is 17.9 Å². The van der Waals surface area contributed by atoms with Crippen LogP contribution in [-0.2, 0) is 41.4 Å². The van der Waals surface area contributed by atoms with E-state index in [4.69, 9.17) is 32.8 Å². The number of fused-ring (bicyclic) bond motifs is 1. The van der Waals surface area contributed by atoms with Gasteiger partial charge in [0, 0.05) is 26.3 Å². The molecule has 5 rings (SSSR count). The van der Waals surface area contributed by atoms with E-state index in [-0.39, 0.29) is 34.6 Å². The molecule has 1 aliphatic carbocycles. The van der Waals surface area contributed by atoms with Crippen LogP contribution < -0.4 is 14.9 Å². The molecule has 3 aromatic carbocycles. The first kappa shape index (κ1) is 34.4. The van der Waals surface area contributed by atoms with Crippen molar-refractivity contribution < 1.29 is 52.0 Å². The van der Waals surface area contributed by atoms with E-state index < -0.39 is 53.7 Å². The highest BCUT2D eigenvalue weighted by atomic mass is 16.6. The van der Waals surface area contributed by atoms with Crippen molar-refractivity contribution in [3.8, 4) is 11.5 Å². The Kier molecular flexibility index (Phi) is 10.8. The molecule has 1 heterocycles. The number of ether oxygens (including phenoxy) is 6. The van der Waals surface area contributed by atoms with Gasteiger partial charge in [-0.25, -0.2) is 9.59 Å². The first-order chi connectivity index (χ1) is 23.6. The molecule has 12 heteroatoms. The van der Waals surface area contributed by atoms with Gasteiger partial charge in [0.2, 0.25) is 6.10 Å². The molecule has 49 heavy (non-hydrogen) atoms. The summed E-state index contributed by atoms with van der Waals surface area (Å²) in [4.78, 5) is 66.0. The quantitative estimate of drug-likeness (QED) is 0.154. The Labute approximate surface area is 281 Å². The minimum atomic E-state index is -1.67. The summed E-state index contributed by atoms with van der Waals surface area (Å²) in [6.07, 6.45) is -5.73. The second-order valence-corrected chi connectivity index (χ2v) is 11.1. The number of carbonyl (C=O) groups excluding carboxylic acids is 4. The molecule has 12 nitrogen and oxygen atoms in total. The molecule has 4 aromatic rings. The maximum Gasteiger partial charge on any atom is 0.338 e. The van der Waals surface area contributed by atoms with Crippen LogP contribution in [0.25, 0.3) is 0 Å². The fraction of sp³-hybridized carbons (Fsp3) is 0.270. The van der Waals surface area contributed by atoms with Crippen LogP contribution in [0.3, 0.4) is 0 Å². The third-order valence-electron chi connectivity index (χ3n) is 7.75. The molecule has 0 saturated carbocycles. The fourth-order valence-electron chi connectivity index (χ4n) is 5.46. The van der Waals surface area contributed by atoms with Crippen molar-refractivity contribution in [3.63, 3.8) is 0 Å². The lowest BCUT2D eigenvalue weighted by atomic mass is 9.86. The van der Waals surface area contributed by atoms with Crippen LogP contribution in [0.5, 0.6) is 11.5 Å². The second kappa shape index (κ2) is 15.3. The van der Waals surface area contributed by atoms with Crippen molar-refractivity contribution in [1.82, 2.24) is 0 Å². The number of methoxy groups -OCH3 is 2. The Balaban J connectivity index is 1.62. The summed E-state index contributed by atoms with van der Waals surface area (Å²) in [5.41, 5.74) is 0.276. The normalized spacial score (nSPS) is 18.0. The topological polar surface area (TPSA) is 154 Å². The van der Waals surface area contributed by atoms with Crippen molar-refractivity contribution >= 4 is 23.9 Å². The largest absolute Gasteiger partial charge is 0.497 e. The predicted molar refractivity (Wildman–Crippen MR) is 172 cm³/mol. The van der Waals surface area contributed by atoms with E-state index in [9.17, 15) is 24.0 Å². The minimum absolute atomic E-state index is 0.0701. The van der Waals surface area contributed by atoms with E-state index in [2.05, 4.69) is 0 Å². The molecule has 0 saturated heterocycles. The zero-order valence-electron chi connectivity index (χ0n) is 27.2. The highest BCUT2D eigenvalue weighted by Gasteiger charge is 2.54. The predicted octanol–water partition coefficient (Wildman–Crippen LogP) is 5.12. The van der Waals surface area contributed by atoms with E-state index in [1.807, 2.05) is 30.3 Å². The summed E-state index contributed by atoms with van der Waals surface area (Å²) in [6, 6.07) is 22.7. The van der Waals surface area contributed by atoms with E-state index in [0.717, 1.165) is 19.4 Å². The third-order valence-corrected chi connectivity index (χ3v) is 7.75. The van der Waals surface area contributed by atoms with Crippen LogP contribution in [0.1, 0.15) is 69.4 Å². The molecule has 1 aromatic heterocycles. The standard InChI is InChI=1S/C37H34O12/c1-21(38)45-31-30-29(40)20-28(15-10-23-8-6-5-7-9-23)47-32(30)33(46-22(2)39)35(49-37(42)25-13-18-27(44-4)19-14-25)34(31)48-36(41)24-11-16-26(43-3)17-12-24/h5-9,11-14,16-20,31,33-35H,10,15H2,1-4H3/t31-,33+,34+,35-/m0/s1. The van der Waals surface area contributed by atoms with Gasteiger partial charge in [-0.05, 0) is 60.5 Å². The number of hydrogen-bond acceptors (Lipinski definition) is 12. The van der Waals surface area contributed by atoms with Gasteiger partial charge in [-0.15, -0.1) is 0 Å². The van der Waals surface area contributed by atoms with Gasteiger partial charge in [0.25, 0.3) is 0 Å². The molecule has 1 aliphatic rings. The first-order valence-corrected chi connectivity index (χ1v) is 15.3. The summed E-state index contributed by atoms with van der Waals surface area (Å²) in [5.74, 6) is -2.48. The highest BCUT2D eigenvalue weighted by molar-refractivity contribution is 5.91. The van der Waals surface area contributed by atoms with Crippen molar-refractivity contribution in [3.05, 3.63) is 129 Å². The number of carbonyl (C=O) groups is 4. The number of esters is 4. The number of benzene rings is 3. The molecule has 0 N–H and O–H groups in total. The molecular weight excluding hydrogens is 636 g/mol. The third kappa shape index (κ3) is 8.15. The van der Waals surface area contributed by atoms with Crippen molar-refractivity contribution in [2.75, 3.05) is 14.2 Å². The van der Waals surface area contributed by atoms with Crippen molar-refractivity contribution in [1.29, 1.82) is 0 Å². The molecule has 0 fully saturated rings. The van der Waals surface area contributed by atoms with Gasteiger partial charge < -0.3 is 32.8 Å². The first-order valence-electron chi connectivity index (χ1n) is 15.3. The summed E-state index contributed by atoms with van der Waals surface area (Å²) in [7, 11) is 2.93. The lowest BCUT2D eigenvalue weighted by Crippen LogP contribution is -2.50. The molecule has 0 unspecified atom stereocenters. The molecule has 0 aliphatic heterocycles. The molecule has 0 spiro atoms. The van der Waals surface area contributed by atoms with Crippen LogP contribution in [0, 0.1) is 0 Å². The molecule has 0 bridgehead atoms. The second-order valence-electron chi connectivity index (χ2n) is 11.1. The van der Waals surface area contributed by atoms with Gasteiger partial charge in [0.1, 0.15) is 17.3 Å². The van der Waals surface area contributed by atoms with Gasteiger partial charge in [-0.2, -0.15) is 0 Å². The Hall–Kier alpha value is -5.91. The Bertz CT molecular complexity index is 1860. The van der Waals surface area contributed by atoms with Crippen LogP contribution in [0.2, 0.25) is 0 Å². The lowest BCUT2D eigenvalue weighted by molar-refractivity contribution is -0.184. The summed E-state index contributed by atoms with van der Waals surface area (Å²) in [5, 5.41) is 0. The lowest BCUT2D eigenvalue weighted by Gasteiger charge is -2.40. The maximum absolute atomic E-state index is 13.8. The van der Waals surface area contributed by atoms with Gasteiger partial charge >= 0.3 is 23.9 Å². The van der Waals surface area contributed by atoms with Gasteiger partial charge in [0.15, 0.2) is 29.5 Å². The molecule has 0 radical (unpaired) electrons. The zero-order valence-corrected chi connectivity index (χ0v) is 27.2. The van der Waals surface area contributed by atoms with Gasteiger partial charge in [0.05, 0.1) is 30.9 Å². The van der Waals surface area contributed by atoms with Gasteiger partial charge in [-0.3, -0.25) is 14.4 Å². The SMILES string of the molecule is COc1ccc(C(=O)O[C@@H]2[C@H](OC(=O)c3ccc(OC)cc3)[C@@H](OC(C)=O)c3c(oc(CCc4ccccc4)cc3=O)[C@H]2OC(C)=O)cc1. The number of aryl methyl sites for hydroxylation is 2. The molecule has 4 atom stereocenters. The minimum Gasteiger partial charge on any atom is -0.497 e. The monoisotopic (exact) mass is 670 g/mol. The molecule has 254 valence electrons. The summed E-state index contributed by atoms with van der Waals surface area (Å²) >= 11 is 0. The smallest absolute Gasteiger partial charge is 0.338 e. The van der Waals surface area contributed by atoms with Gasteiger partial charge in [-0.1, -0.05) is 30.3 Å². The van der Waals surface area contributed by atoms with Crippen LogP contribution in [0.15, 0.2) is 94.1 Å². The Morgan fingerprint density at radius 1 is 0.633 bits per heavy atom. The van der Waals surface area contributed by atoms with Crippen molar-refractivity contribution in [2.45, 2.75) is 51.1 Å². The van der Waals surface area contributed by atoms with Crippen LogP contribution in [0.4, 0.5) is 0 Å². The summed E-state index contributed by atoms with van der Waals surface area (Å²) in [6.45, 7) is 2.23. The van der Waals surface area contributed by atoms with Crippen molar-refractivity contribution in [2.24, 2.45) is 0 Å². The number of rotatable bonds is 11. The van der Waals surface area contributed by atoms with E-state index >= 15 is 0 Å². The van der Waals surface area contributed by atoms with Crippen LogP contribution >= 0.6 is 0 Å². The molecule has 0 amide bonds. The van der Waals surface area contributed by atoms with E-state index in [1.54, 1.807) is 0 Å². The Morgan fingerprint density at radius 3 is 1.61 bits per heavy atom. The Morgan fingerprint density at radius 2 is 1.12 bits per heavy atom. The highest BCUT2D eigenvalue weighted by Crippen LogP contribution is 2.43. The fourth-order valence-corrected chi connectivity index (χ4v) is 5.46. The summed E-state index contributed by atoms with van der Waals surface area (Å²) < 4.78 is 39.6. The zero-order chi connectivity index (χ0) is 35.1. The average molecular weight is 671 g/mol. The maximum atomic E-state index is 13.8. The average Bonchev–Trinajstić information content (AvgIpc) is 3.10. The molecular formula is C37H34O12.